The molecule has 10 aliphatic carbocycles. The van der Waals surface area contributed by atoms with Gasteiger partial charge in [0.1, 0.15) is 11.9 Å². The number of hydrogen-bond donors (Lipinski definition) is 0. The normalized spacial score (nSPS) is 36.2. The fourth-order valence-corrected chi connectivity index (χ4v) is 16.0. The van der Waals surface area contributed by atoms with Crippen molar-refractivity contribution in [2.45, 2.75) is 140 Å². The lowest BCUT2D eigenvalue weighted by Crippen LogP contribution is -2.47. The molecule has 2 heteroatoms. The van der Waals surface area contributed by atoms with Gasteiger partial charge in [0, 0.05) is 35.2 Å². The first-order valence-electron chi connectivity index (χ1n) is 24.5. The summed E-state index contributed by atoms with van der Waals surface area (Å²) in [5, 5.41) is 0. The van der Waals surface area contributed by atoms with E-state index in [1.54, 1.807) is 55.8 Å². The molecule has 2 saturated carbocycles. The minimum absolute atomic E-state index is 0.0910. The first kappa shape index (κ1) is 36.4. The van der Waals surface area contributed by atoms with Gasteiger partial charge < -0.3 is 9.64 Å². The minimum atomic E-state index is -0.0910. The maximum absolute atomic E-state index is 6.91. The van der Waals surface area contributed by atoms with Crippen molar-refractivity contribution in [1.82, 2.24) is 0 Å². The molecule has 0 amide bonds. The van der Waals surface area contributed by atoms with Crippen molar-refractivity contribution in [3.05, 3.63) is 165 Å². The van der Waals surface area contributed by atoms with Gasteiger partial charge in [-0.25, -0.2) is 0 Å². The van der Waals surface area contributed by atoms with Gasteiger partial charge in [-0.1, -0.05) is 112 Å². The Balaban J connectivity index is 1.05. The molecule has 2 aromatic rings. The van der Waals surface area contributed by atoms with Crippen LogP contribution in [0.4, 0.5) is 5.69 Å². The summed E-state index contributed by atoms with van der Waals surface area (Å²) in [5.74, 6) is 4.60. The lowest BCUT2D eigenvalue weighted by molar-refractivity contribution is 0.131. The van der Waals surface area contributed by atoms with Gasteiger partial charge in [-0.2, -0.15) is 0 Å². The molecule has 306 valence electrons. The van der Waals surface area contributed by atoms with Gasteiger partial charge in [0.25, 0.3) is 0 Å². The number of fused-ring (bicyclic) bond motifs is 14. The zero-order chi connectivity index (χ0) is 39.7. The summed E-state index contributed by atoms with van der Waals surface area (Å²) >= 11 is 0. The monoisotopic (exact) mass is 789 g/mol. The molecule has 11 aliphatic rings. The molecule has 0 N–H and O–H groups in total. The molecule has 9 atom stereocenters. The Morgan fingerprint density at radius 3 is 2.58 bits per heavy atom. The average Bonchev–Trinajstić information content (AvgIpc) is 3.99. The zero-order valence-electron chi connectivity index (χ0n) is 36.1. The molecule has 0 radical (unpaired) electrons. The number of hydrogen-bond acceptors (Lipinski definition) is 2. The van der Waals surface area contributed by atoms with Crippen molar-refractivity contribution in [2.24, 2.45) is 35.0 Å². The van der Waals surface area contributed by atoms with Crippen LogP contribution in [0.2, 0.25) is 0 Å². The molecule has 1 spiro atoms. The van der Waals surface area contributed by atoms with Gasteiger partial charge in [0.2, 0.25) is 0 Å². The van der Waals surface area contributed by atoms with E-state index in [4.69, 9.17) is 4.74 Å². The highest BCUT2D eigenvalue weighted by molar-refractivity contribution is 5.89. The molecule has 1 aliphatic heterocycles. The van der Waals surface area contributed by atoms with Crippen LogP contribution in [0.1, 0.15) is 145 Å². The van der Waals surface area contributed by atoms with E-state index in [2.05, 4.69) is 122 Å². The fourth-order valence-electron chi connectivity index (χ4n) is 16.0. The molecule has 0 saturated heterocycles. The number of anilines is 1. The quantitative estimate of drug-likeness (QED) is 0.286. The van der Waals surface area contributed by atoms with Gasteiger partial charge in [0.15, 0.2) is 0 Å². The molecular formula is C58H63NO. The Kier molecular flexibility index (Phi) is 8.24. The van der Waals surface area contributed by atoms with Crippen molar-refractivity contribution >= 4 is 11.3 Å². The molecule has 13 rings (SSSR count). The number of ether oxygens (including phenoxy) is 1. The van der Waals surface area contributed by atoms with Crippen LogP contribution in [-0.2, 0) is 10.2 Å². The summed E-state index contributed by atoms with van der Waals surface area (Å²) in [5.41, 5.74) is 19.5. The predicted molar refractivity (Wildman–Crippen MR) is 246 cm³/mol. The molecule has 0 aromatic heterocycles. The van der Waals surface area contributed by atoms with Crippen LogP contribution in [0.5, 0.6) is 0 Å². The molecule has 9 unspecified atom stereocenters. The van der Waals surface area contributed by atoms with E-state index in [0.717, 1.165) is 25.7 Å². The molecular weight excluding hydrogens is 727 g/mol. The molecule has 2 aromatic carbocycles. The van der Waals surface area contributed by atoms with Crippen molar-refractivity contribution < 1.29 is 4.74 Å². The van der Waals surface area contributed by atoms with E-state index in [1.807, 2.05) is 0 Å². The number of benzene rings is 2. The fraction of sp³-hybridized carbons (Fsp3) is 0.483. The largest absolute Gasteiger partial charge is 0.490 e. The Labute approximate surface area is 359 Å². The first-order chi connectivity index (χ1) is 29.5. The highest BCUT2D eigenvalue weighted by atomic mass is 16.5. The summed E-state index contributed by atoms with van der Waals surface area (Å²) in [6.07, 6.45) is 44.9. The van der Waals surface area contributed by atoms with E-state index >= 15 is 0 Å². The first-order valence-corrected chi connectivity index (χ1v) is 24.5. The lowest BCUT2D eigenvalue weighted by Gasteiger charge is -2.46. The highest BCUT2D eigenvalue weighted by Crippen LogP contribution is 2.69. The van der Waals surface area contributed by atoms with E-state index in [9.17, 15) is 0 Å². The molecule has 60 heavy (non-hydrogen) atoms. The van der Waals surface area contributed by atoms with Crippen molar-refractivity contribution in [2.75, 3.05) is 4.90 Å². The van der Waals surface area contributed by atoms with Crippen molar-refractivity contribution in [1.29, 1.82) is 0 Å². The minimum Gasteiger partial charge on any atom is -0.490 e. The predicted octanol–water partition coefficient (Wildman–Crippen LogP) is 14.5. The van der Waals surface area contributed by atoms with Crippen LogP contribution in [0.3, 0.4) is 0 Å². The lowest BCUT2D eigenvalue weighted by atomic mass is 9.61. The summed E-state index contributed by atoms with van der Waals surface area (Å²) in [4.78, 5) is 3.00. The van der Waals surface area contributed by atoms with Gasteiger partial charge in [-0.15, -0.1) is 0 Å². The zero-order valence-corrected chi connectivity index (χ0v) is 36.1. The number of rotatable bonds is 4. The van der Waals surface area contributed by atoms with Crippen LogP contribution in [-0.4, -0.2) is 12.1 Å². The van der Waals surface area contributed by atoms with E-state index < -0.39 is 0 Å². The number of allylic oxidation sites excluding steroid dienone is 15. The smallest absolute Gasteiger partial charge is 0.125 e. The summed E-state index contributed by atoms with van der Waals surface area (Å²) in [7, 11) is 0. The van der Waals surface area contributed by atoms with Gasteiger partial charge >= 0.3 is 0 Å². The maximum atomic E-state index is 6.91. The standard InChI is InChI=1S/C58H63NO/c1-57(2)46-23-10-6-20-41(46)44-22-14-27-52(56(44)57)59(51-26-15-29-54-55(51)45-21-9-13-28-53(45)60-54)38-31-33-43-42-32-30-37(36-16-4-3-5-17-36)34-49(42)58(50(43)35-38)47-24-11-7-18-39(47)40-19-8-12-25-48(40)58/h6-7,9-11,15-16,18,20-21,23-24,29,31,33-35,40-41,44,46,48,51,54-55H,3-5,8,12-14,17,19,22,25-28,30,32H2,1-2H3. The third kappa shape index (κ3) is 4.94. The second-order valence-electron chi connectivity index (χ2n) is 21.1. The van der Waals surface area contributed by atoms with E-state index in [-0.39, 0.29) is 16.9 Å². The summed E-state index contributed by atoms with van der Waals surface area (Å²) in [6, 6.07) is 18.2. The van der Waals surface area contributed by atoms with E-state index in [0.29, 0.717) is 41.5 Å². The topological polar surface area (TPSA) is 12.5 Å². The van der Waals surface area contributed by atoms with Crippen molar-refractivity contribution in [3.8, 4) is 0 Å². The third-order valence-corrected chi connectivity index (χ3v) is 18.2. The molecule has 2 nitrogen and oxygen atoms in total. The van der Waals surface area contributed by atoms with E-state index in [1.165, 1.54) is 94.1 Å². The van der Waals surface area contributed by atoms with Crippen LogP contribution in [0, 0.1) is 35.0 Å². The molecule has 2 fully saturated rings. The van der Waals surface area contributed by atoms with Gasteiger partial charge in [-0.3, -0.25) is 0 Å². The molecule has 1 heterocycles. The maximum Gasteiger partial charge on any atom is 0.125 e. The average molecular weight is 790 g/mol. The van der Waals surface area contributed by atoms with Crippen LogP contribution >= 0.6 is 0 Å². The summed E-state index contributed by atoms with van der Waals surface area (Å²) in [6.45, 7) is 5.19. The highest BCUT2D eigenvalue weighted by Gasteiger charge is 2.60. The van der Waals surface area contributed by atoms with Crippen LogP contribution < -0.4 is 4.90 Å². The second-order valence-corrected chi connectivity index (χ2v) is 21.1. The Morgan fingerprint density at radius 2 is 1.65 bits per heavy atom. The third-order valence-electron chi connectivity index (χ3n) is 18.2. The van der Waals surface area contributed by atoms with Crippen LogP contribution in [0.25, 0.3) is 5.57 Å². The van der Waals surface area contributed by atoms with Crippen molar-refractivity contribution in [3.63, 3.8) is 0 Å². The Bertz CT molecular complexity index is 2470. The second kappa shape index (κ2) is 13.6. The van der Waals surface area contributed by atoms with Gasteiger partial charge in [0.05, 0.1) is 0 Å². The Morgan fingerprint density at radius 1 is 0.750 bits per heavy atom. The molecule has 0 bridgehead atoms. The van der Waals surface area contributed by atoms with Crippen LogP contribution in [0.15, 0.2) is 143 Å². The summed E-state index contributed by atoms with van der Waals surface area (Å²) < 4.78 is 6.91. The number of nitrogens with zero attached hydrogens (tertiary/aromatic N) is 1. The Hall–Kier alpha value is -4.30. The van der Waals surface area contributed by atoms with Gasteiger partial charge in [-0.05, 0) is 192 Å². The SMILES string of the molecule is CC1(C)C2=C(N(c3ccc4c(c3)C3(C5=C4CCC(C4=CCCCC4)=C5)c4ccccc4C4CCCCC43)C3CC=CC4OC5=C(C=CCC5)C43)CCCC2C2C=CC=CC21.